The van der Waals surface area contributed by atoms with Crippen LogP contribution < -0.4 is 4.74 Å². The van der Waals surface area contributed by atoms with Crippen LogP contribution in [-0.4, -0.2) is 17.0 Å². The summed E-state index contributed by atoms with van der Waals surface area (Å²) < 4.78 is 5.55. The first-order valence-corrected chi connectivity index (χ1v) is 9.22. The molecule has 2 aromatic rings. The zero-order valence-corrected chi connectivity index (χ0v) is 16.6. The highest BCUT2D eigenvalue weighted by Crippen LogP contribution is 2.45. The molecule has 0 saturated heterocycles. The number of carboxylic acids is 1. The number of carboxylic acid groups (broad SMARTS) is 1. The summed E-state index contributed by atoms with van der Waals surface area (Å²) in [6.07, 6.45) is 2.19. The van der Waals surface area contributed by atoms with E-state index in [-0.39, 0.29) is 16.4 Å². The van der Waals surface area contributed by atoms with Crippen LogP contribution in [0, 0.1) is 6.92 Å². The number of carbonyl (C=O) groups is 2. The number of hydrogen-bond acceptors (Lipinski definition) is 3. The van der Waals surface area contributed by atoms with Gasteiger partial charge in [0.2, 0.25) is 0 Å². The lowest BCUT2D eigenvalue weighted by molar-refractivity contribution is 0.0696. The third kappa shape index (κ3) is 3.61. The number of esters is 1. The van der Waals surface area contributed by atoms with Gasteiger partial charge in [-0.05, 0) is 77.6 Å². The highest BCUT2D eigenvalue weighted by Gasteiger charge is 2.37. The molecule has 0 radical (unpaired) electrons. The molecular formula is C23H26O4. The molecule has 0 spiro atoms. The Labute approximate surface area is 160 Å². The Bertz CT molecular complexity index is 922. The lowest BCUT2D eigenvalue weighted by Crippen LogP contribution is -2.34. The molecule has 0 fully saturated rings. The third-order valence-electron chi connectivity index (χ3n) is 5.71. The summed E-state index contributed by atoms with van der Waals surface area (Å²) in [7, 11) is 0. The summed E-state index contributed by atoms with van der Waals surface area (Å²) in [4.78, 5) is 23.8. The maximum atomic E-state index is 12.7. The van der Waals surface area contributed by atoms with Crippen molar-refractivity contribution in [2.45, 2.75) is 58.3 Å². The van der Waals surface area contributed by atoms with Crippen molar-refractivity contribution in [2.24, 2.45) is 0 Å². The van der Waals surface area contributed by atoms with Gasteiger partial charge in [0.1, 0.15) is 5.75 Å². The van der Waals surface area contributed by atoms with Gasteiger partial charge in [0, 0.05) is 0 Å². The van der Waals surface area contributed by atoms with E-state index in [1.807, 2.05) is 18.2 Å². The zero-order chi connectivity index (χ0) is 20.0. The highest BCUT2D eigenvalue weighted by atomic mass is 16.5. The van der Waals surface area contributed by atoms with Gasteiger partial charge in [-0.15, -0.1) is 0 Å². The van der Waals surface area contributed by atoms with Crippen molar-refractivity contribution < 1.29 is 19.4 Å². The fourth-order valence-electron chi connectivity index (χ4n) is 3.77. The normalized spacial score (nSPS) is 17.1. The molecule has 4 heteroatoms. The second kappa shape index (κ2) is 6.52. The predicted molar refractivity (Wildman–Crippen MR) is 105 cm³/mol. The Balaban J connectivity index is 1.92. The van der Waals surface area contributed by atoms with E-state index in [9.17, 15) is 9.59 Å². The van der Waals surface area contributed by atoms with Gasteiger partial charge >= 0.3 is 11.9 Å². The molecule has 1 N–H and O–H groups in total. The molecule has 27 heavy (non-hydrogen) atoms. The van der Waals surface area contributed by atoms with Gasteiger partial charge in [-0.2, -0.15) is 0 Å². The maximum absolute atomic E-state index is 12.7. The van der Waals surface area contributed by atoms with E-state index < -0.39 is 11.9 Å². The van der Waals surface area contributed by atoms with Crippen molar-refractivity contribution in [3.8, 4) is 5.75 Å². The van der Waals surface area contributed by atoms with Crippen LogP contribution >= 0.6 is 0 Å². The highest BCUT2D eigenvalue weighted by molar-refractivity contribution is 5.92. The molecule has 3 rings (SSSR count). The third-order valence-corrected chi connectivity index (χ3v) is 5.71. The maximum Gasteiger partial charge on any atom is 0.343 e. The minimum Gasteiger partial charge on any atom is -0.478 e. The molecule has 1 aliphatic carbocycles. The Morgan fingerprint density at radius 2 is 1.48 bits per heavy atom. The van der Waals surface area contributed by atoms with Gasteiger partial charge in [0.25, 0.3) is 0 Å². The predicted octanol–water partition coefficient (Wildman–Crippen LogP) is 5.26. The fraction of sp³-hybridized carbons (Fsp3) is 0.391. The smallest absolute Gasteiger partial charge is 0.343 e. The van der Waals surface area contributed by atoms with E-state index in [4.69, 9.17) is 9.84 Å². The average molecular weight is 366 g/mol. The molecule has 0 atom stereocenters. The first-order valence-electron chi connectivity index (χ1n) is 9.22. The molecule has 142 valence electrons. The minimum atomic E-state index is -1.00. The average Bonchev–Trinajstić information content (AvgIpc) is 2.60. The molecule has 0 saturated carbocycles. The van der Waals surface area contributed by atoms with Gasteiger partial charge in [-0.1, -0.05) is 33.8 Å². The first-order chi connectivity index (χ1) is 12.5. The van der Waals surface area contributed by atoms with E-state index in [0.717, 1.165) is 12.8 Å². The van der Waals surface area contributed by atoms with Crippen molar-refractivity contribution in [2.75, 3.05) is 0 Å². The van der Waals surface area contributed by atoms with E-state index in [2.05, 4.69) is 27.7 Å². The van der Waals surface area contributed by atoms with Crippen LogP contribution in [0.25, 0.3) is 0 Å². The topological polar surface area (TPSA) is 63.6 Å². The molecule has 2 aromatic carbocycles. The summed E-state index contributed by atoms with van der Waals surface area (Å²) in [6.45, 7) is 10.6. The standard InChI is InChI=1S/C23H26O4/c1-14-12-15(20(24)25)7-9-19(14)27-21(26)16-6-8-17-18(13-16)23(4,5)11-10-22(17,2)3/h6-9,12-13H,10-11H2,1-5H3,(H,24,25). The van der Waals surface area contributed by atoms with Crippen molar-refractivity contribution >= 4 is 11.9 Å². The minimum absolute atomic E-state index is 0.0141. The summed E-state index contributed by atoms with van der Waals surface area (Å²) in [5.41, 5.74) is 3.90. The van der Waals surface area contributed by atoms with Crippen LogP contribution in [0.3, 0.4) is 0 Å². The van der Waals surface area contributed by atoms with Gasteiger partial charge in [-0.25, -0.2) is 9.59 Å². The first kappa shape index (κ1) is 19.2. The lowest BCUT2D eigenvalue weighted by Gasteiger charge is -2.41. The van der Waals surface area contributed by atoms with Crippen LogP contribution in [0.5, 0.6) is 5.75 Å². The van der Waals surface area contributed by atoms with E-state index >= 15 is 0 Å². The summed E-state index contributed by atoms with van der Waals surface area (Å²) in [6, 6.07) is 10.3. The molecule has 1 aliphatic rings. The van der Waals surface area contributed by atoms with Gasteiger partial charge < -0.3 is 9.84 Å². The monoisotopic (exact) mass is 366 g/mol. The van der Waals surface area contributed by atoms with Crippen molar-refractivity contribution in [1.82, 2.24) is 0 Å². The summed E-state index contributed by atoms with van der Waals surface area (Å²) in [5.74, 6) is -1.05. The van der Waals surface area contributed by atoms with Crippen LogP contribution in [0.1, 0.15) is 77.9 Å². The number of rotatable bonds is 3. The number of carbonyl (C=O) groups excluding carboxylic acids is 1. The van der Waals surface area contributed by atoms with Crippen molar-refractivity contribution in [3.05, 3.63) is 64.2 Å². The zero-order valence-electron chi connectivity index (χ0n) is 16.6. The van der Waals surface area contributed by atoms with Crippen LogP contribution in [-0.2, 0) is 10.8 Å². The number of hydrogen-bond donors (Lipinski definition) is 1. The van der Waals surface area contributed by atoms with E-state index in [0.29, 0.717) is 16.9 Å². The van der Waals surface area contributed by atoms with Crippen LogP contribution in [0.4, 0.5) is 0 Å². The van der Waals surface area contributed by atoms with Crippen LogP contribution in [0.15, 0.2) is 36.4 Å². The van der Waals surface area contributed by atoms with Gasteiger partial charge in [0.05, 0.1) is 11.1 Å². The second-order valence-corrected chi connectivity index (χ2v) is 8.70. The molecule has 0 unspecified atom stereocenters. The van der Waals surface area contributed by atoms with Crippen LogP contribution in [0.2, 0.25) is 0 Å². The summed E-state index contributed by atoms with van der Waals surface area (Å²) >= 11 is 0. The lowest BCUT2D eigenvalue weighted by atomic mass is 9.63. The number of aromatic carboxylic acids is 1. The largest absolute Gasteiger partial charge is 0.478 e. The number of benzene rings is 2. The quantitative estimate of drug-likeness (QED) is 0.594. The molecule has 4 nitrogen and oxygen atoms in total. The van der Waals surface area contributed by atoms with Gasteiger partial charge in [0.15, 0.2) is 0 Å². The molecule has 0 aliphatic heterocycles. The number of fused-ring (bicyclic) bond motifs is 1. The Morgan fingerprint density at radius 1 is 0.889 bits per heavy atom. The second-order valence-electron chi connectivity index (χ2n) is 8.70. The fourth-order valence-corrected chi connectivity index (χ4v) is 3.77. The molecule has 0 heterocycles. The van der Waals surface area contributed by atoms with Crippen molar-refractivity contribution in [1.29, 1.82) is 0 Å². The Morgan fingerprint density at radius 3 is 2.07 bits per heavy atom. The number of aryl methyl sites for hydroxylation is 1. The Kier molecular flexibility index (Phi) is 4.62. The molecular weight excluding hydrogens is 340 g/mol. The van der Waals surface area contributed by atoms with E-state index in [1.54, 1.807) is 6.92 Å². The van der Waals surface area contributed by atoms with Crippen molar-refractivity contribution in [3.63, 3.8) is 0 Å². The van der Waals surface area contributed by atoms with E-state index in [1.165, 1.54) is 29.3 Å². The Hall–Kier alpha value is -2.62. The molecule has 0 amide bonds. The van der Waals surface area contributed by atoms with Gasteiger partial charge in [-0.3, -0.25) is 0 Å². The summed E-state index contributed by atoms with van der Waals surface area (Å²) in [5, 5.41) is 9.06. The number of ether oxygens (including phenoxy) is 1. The molecule has 0 aromatic heterocycles. The SMILES string of the molecule is Cc1cc(C(=O)O)ccc1OC(=O)c1ccc2c(c1)C(C)(C)CCC2(C)C. The molecule has 0 bridgehead atoms.